The fourth-order valence-electron chi connectivity index (χ4n) is 3.04. The van der Waals surface area contributed by atoms with Crippen molar-refractivity contribution in [3.63, 3.8) is 0 Å². The van der Waals surface area contributed by atoms with Crippen molar-refractivity contribution in [2.45, 2.75) is 51.4 Å². The Balaban J connectivity index is 1.90. The second-order valence-corrected chi connectivity index (χ2v) is 6.40. The van der Waals surface area contributed by atoms with E-state index >= 15 is 0 Å². The number of likely N-dealkylation sites (tertiary alicyclic amines) is 1. The van der Waals surface area contributed by atoms with Crippen LogP contribution in [0.4, 0.5) is 5.69 Å². The summed E-state index contributed by atoms with van der Waals surface area (Å²) in [5.41, 5.74) is 6.68. The van der Waals surface area contributed by atoms with Crippen LogP contribution in [-0.2, 0) is 4.79 Å². The van der Waals surface area contributed by atoms with Gasteiger partial charge in [0, 0.05) is 19.5 Å². The number of rotatable bonds is 8. The van der Waals surface area contributed by atoms with Gasteiger partial charge in [-0.2, -0.15) is 0 Å². The molecule has 0 radical (unpaired) electrons. The van der Waals surface area contributed by atoms with Gasteiger partial charge in [0.25, 0.3) is 5.91 Å². The highest BCUT2D eigenvalue weighted by atomic mass is 16.2. The van der Waals surface area contributed by atoms with E-state index < -0.39 is 0 Å². The van der Waals surface area contributed by atoms with Gasteiger partial charge in [-0.1, -0.05) is 25.0 Å². The van der Waals surface area contributed by atoms with Crippen LogP contribution in [0.15, 0.2) is 24.3 Å². The Hall–Kier alpha value is -1.88. The molecule has 0 aromatic heterocycles. The molecule has 1 aromatic rings. The maximum absolute atomic E-state index is 12.7. The molecule has 24 heavy (non-hydrogen) atoms. The van der Waals surface area contributed by atoms with E-state index in [4.69, 9.17) is 5.73 Å². The molecular weight excluding hydrogens is 302 g/mol. The number of hydrogen-bond acceptors (Lipinski definition) is 3. The first-order valence-electron chi connectivity index (χ1n) is 9.10. The van der Waals surface area contributed by atoms with Crippen molar-refractivity contribution in [3.8, 4) is 0 Å². The van der Waals surface area contributed by atoms with Gasteiger partial charge >= 0.3 is 0 Å². The molecule has 0 bridgehead atoms. The van der Waals surface area contributed by atoms with Crippen molar-refractivity contribution in [2.75, 3.05) is 25.0 Å². The topological polar surface area (TPSA) is 75.4 Å². The molecule has 0 spiro atoms. The number of nitrogens with one attached hydrogen (secondary N) is 1. The predicted molar refractivity (Wildman–Crippen MR) is 97.0 cm³/mol. The minimum absolute atomic E-state index is 0.0218. The maximum atomic E-state index is 12.7. The second-order valence-electron chi connectivity index (χ2n) is 6.40. The second kappa shape index (κ2) is 10.1. The Morgan fingerprint density at radius 2 is 1.71 bits per heavy atom. The monoisotopic (exact) mass is 331 g/mol. The fourth-order valence-corrected chi connectivity index (χ4v) is 3.04. The number of carbonyl (C=O) groups is 2. The number of benzene rings is 1. The summed E-state index contributed by atoms with van der Waals surface area (Å²) in [6.07, 6.45) is 7.73. The summed E-state index contributed by atoms with van der Waals surface area (Å²) < 4.78 is 0. The zero-order valence-corrected chi connectivity index (χ0v) is 14.4. The smallest absolute Gasteiger partial charge is 0.255 e. The third-order valence-electron chi connectivity index (χ3n) is 4.43. The number of piperidine rings is 1. The molecule has 2 amide bonds. The van der Waals surface area contributed by atoms with Gasteiger partial charge in [0.05, 0.1) is 11.3 Å². The van der Waals surface area contributed by atoms with Crippen molar-refractivity contribution in [1.29, 1.82) is 0 Å². The Morgan fingerprint density at radius 3 is 2.46 bits per heavy atom. The van der Waals surface area contributed by atoms with E-state index in [9.17, 15) is 9.59 Å². The zero-order valence-electron chi connectivity index (χ0n) is 14.4. The first-order valence-corrected chi connectivity index (χ1v) is 9.10. The van der Waals surface area contributed by atoms with Crippen LogP contribution in [-0.4, -0.2) is 36.3 Å². The first-order chi connectivity index (χ1) is 11.7. The third-order valence-corrected chi connectivity index (χ3v) is 4.43. The summed E-state index contributed by atoms with van der Waals surface area (Å²) in [5.74, 6) is -0.00446. The number of nitrogens with zero attached hydrogens (tertiary/aromatic N) is 1. The van der Waals surface area contributed by atoms with E-state index in [0.29, 0.717) is 24.2 Å². The lowest BCUT2D eigenvalue weighted by Crippen LogP contribution is -2.36. The molecule has 1 heterocycles. The van der Waals surface area contributed by atoms with Crippen LogP contribution >= 0.6 is 0 Å². The number of anilines is 1. The van der Waals surface area contributed by atoms with Gasteiger partial charge in [-0.15, -0.1) is 0 Å². The summed E-state index contributed by atoms with van der Waals surface area (Å²) in [5, 5.41) is 2.91. The zero-order chi connectivity index (χ0) is 17.2. The van der Waals surface area contributed by atoms with Crippen LogP contribution in [0.3, 0.4) is 0 Å². The molecule has 1 aliphatic heterocycles. The van der Waals surface area contributed by atoms with Gasteiger partial charge in [0.2, 0.25) is 5.91 Å². The normalized spacial score (nSPS) is 14.5. The Morgan fingerprint density at radius 1 is 1.00 bits per heavy atom. The summed E-state index contributed by atoms with van der Waals surface area (Å²) in [7, 11) is 0. The number of para-hydroxylation sites is 1. The molecule has 1 aliphatic rings. The lowest BCUT2D eigenvalue weighted by molar-refractivity contribution is -0.116. The molecular formula is C19H29N3O2. The minimum atomic E-state index is -0.0263. The predicted octanol–water partition coefficient (Wildman–Crippen LogP) is 3.16. The quantitative estimate of drug-likeness (QED) is 0.719. The summed E-state index contributed by atoms with van der Waals surface area (Å²) in [6.45, 7) is 2.32. The summed E-state index contributed by atoms with van der Waals surface area (Å²) in [4.78, 5) is 26.7. The molecule has 0 saturated carbocycles. The van der Waals surface area contributed by atoms with E-state index in [1.54, 1.807) is 6.07 Å². The van der Waals surface area contributed by atoms with Crippen LogP contribution in [0.1, 0.15) is 61.7 Å². The maximum Gasteiger partial charge on any atom is 0.255 e. The highest BCUT2D eigenvalue weighted by Crippen LogP contribution is 2.20. The Bertz CT molecular complexity index is 539. The molecule has 5 heteroatoms. The van der Waals surface area contributed by atoms with E-state index in [2.05, 4.69) is 5.32 Å². The van der Waals surface area contributed by atoms with E-state index in [1.807, 2.05) is 23.1 Å². The molecule has 1 aromatic carbocycles. The molecule has 132 valence electrons. The van der Waals surface area contributed by atoms with Crippen LogP contribution in [0.25, 0.3) is 0 Å². The average Bonchev–Trinajstić information content (AvgIpc) is 2.62. The lowest BCUT2D eigenvalue weighted by atomic mass is 10.1. The van der Waals surface area contributed by atoms with Crippen LogP contribution in [0.2, 0.25) is 0 Å². The standard InChI is InChI=1S/C19H29N3O2/c20-13-7-2-1-4-12-18(23)21-17-11-6-5-10-16(17)19(24)22-14-8-3-9-15-22/h5-6,10-11H,1-4,7-9,12-15,20H2,(H,21,23). The van der Waals surface area contributed by atoms with E-state index in [-0.39, 0.29) is 11.8 Å². The number of hydrogen-bond donors (Lipinski definition) is 2. The van der Waals surface area contributed by atoms with Gasteiger partial charge in [0.15, 0.2) is 0 Å². The lowest BCUT2D eigenvalue weighted by Gasteiger charge is -2.27. The number of carbonyl (C=O) groups excluding carboxylic acids is 2. The third kappa shape index (κ3) is 5.64. The molecule has 1 saturated heterocycles. The van der Waals surface area contributed by atoms with Crippen LogP contribution in [0.5, 0.6) is 0 Å². The molecule has 0 aliphatic carbocycles. The number of nitrogens with two attached hydrogens (primary N) is 1. The highest BCUT2D eigenvalue weighted by molar-refractivity contribution is 6.03. The van der Waals surface area contributed by atoms with Gasteiger partial charge in [-0.05, 0) is 50.8 Å². The summed E-state index contributed by atoms with van der Waals surface area (Å²) in [6, 6.07) is 7.31. The van der Waals surface area contributed by atoms with Gasteiger partial charge in [0.1, 0.15) is 0 Å². The molecule has 3 N–H and O–H groups in total. The number of unbranched alkanes of at least 4 members (excludes halogenated alkanes) is 3. The molecule has 0 unspecified atom stereocenters. The van der Waals surface area contributed by atoms with Crippen LogP contribution in [0, 0.1) is 0 Å². The van der Waals surface area contributed by atoms with Crippen LogP contribution < -0.4 is 11.1 Å². The fraction of sp³-hybridized carbons (Fsp3) is 0.579. The van der Waals surface area contributed by atoms with E-state index in [1.165, 1.54) is 6.42 Å². The van der Waals surface area contributed by atoms with Crippen molar-refractivity contribution >= 4 is 17.5 Å². The van der Waals surface area contributed by atoms with Crippen molar-refractivity contribution in [2.24, 2.45) is 5.73 Å². The van der Waals surface area contributed by atoms with Gasteiger partial charge in [-0.25, -0.2) is 0 Å². The highest BCUT2D eigenvalue weighted by Gasteiger charge is 2.21. The molecule has 0 atom stereocenters. The minimum Gasteiger partial charge on any atom is -0.339 e. The largest absolute Gasteiger partial charge is 0.339 e. The van der Waals surface area contributed by atoms with Crippen molar-refractivity contribution in [3.05, 3.63) is 29.8 Å². The average molecular weight is 331 g/mol. The SMILES string of the molecule is NCCCCCCC(=O)Nc1ccccc1C(=O)N1CCCCC1. The number of amides is 2. The van der Waals surface area contributed by atoms with Crippen molar-refractivity contribution < 1.29 is 9.59 Å². The molecule has 5 nitrogen and oxygen atoms in total. The Kier molecular flexibility index (Phi) is 7.75. The van der Waals surface area contributed by atoms with Gasteiger partial charge < -0.3 is 16.0 Å². The van der Waals surface area contributed by atoms with Crippen molar-refractivity contribution in [1.82, 2.24) is 4.90 Å². The Labute approximate surface area is 144 Å². The van der Waals surface area contributed by atoms with Gasteiger partial charge in [-0.3, -0.25) is 9.59 Å². The summed E-state index contributed by atoms with van der Waals surface area (Å²) >= 11 is 0. The van der Waals surface area contributed by atoms with E-state index in [0.717, 1.165) is 51.6 Å². The first kappa shape index (κ1) is 18.5. The molecule has 2 rings (SSSR count). The molecule has 1 fully saturated rings.